The molecule has 1 atom stereocenters. The number of aryl methyl sites for hydroxylation is 2. The minimum atomic E-state index is 0.0925. The van der Waals surface area contributed by atoms with Crippen molar-refractivity contribution < 1.29 is 9.69 Å². The van der Waals surface area contributed by atoms with Crippen LogP contribution in [0.5, 0.6) is 0 Å². The SMILES string of the molecule is Cn1cc(Cl)c(CN(C(=O)C[NH+](C)C)[C@H]2CCCc3ccccc32)n1. The molecular formula is C19H26ClN4O+. The first-order chi connectivity index (χ1) is 12.0. The molecule has 0 bridgehead atoms. The molecule has 0 spiro atoms. The molecule has 1 aromatic carbocycles. The van der Waals surface area contributed by atoms with E-state index in [0.717, 1.165) is 29.9 Å². The summed E-state index contributed by atoms with van der Waals surface area (Å²) in [5.41, 5.74) is 3.37. The fourth-order valence-electron chi connectivity index (χ4n) is 3.60. The van der Waals surface area contributed by atoms with Crippen LogP contribution in [-0.2, 0) is 24.8 Å². The molecule has 0 fully saturated rings. The average molecular weight is 362 g/mol. The number of likely N-dealkylation sites (N-methyl/N-ethyl adjacent to an activating group) is 1. The quantitative estimate of drug-likeness (QED) is 0.879. The van der Waals surface area contributed by atoms with Gasteiger partial charge in [0.05, 0.1) is 31.7 Å². The molecule has 3 rings (SSSR count). The lowest BCUT2D eigenvalue weighted by molar-refractivity contribution is -0.849. The third-order valence-corrected chi connectivity index (χ3v) is 5.03. The third kappa shape index (κ3) is 4.05. The Labute approximate surface area is 154 Å². The second kappa shape index (κ2) is 7.58. The summed E-state index contributed by atoms with van der Waals surface area (Å²) in [7, 11) is 5.85. The summed E-state index contributed by atoms with van der Waals surface area (Å²) in [5, 5.41) is 5.06. The van der Waals surface area contributed by atoms with Crippen molar-refractivity contribution in [1.82, 2.24) is 14.7 Å². The maximum Gasteiger partial charge on any atom is 0.278 e. The molecule has 1 heterocycles. The summed E-state index contributed by atoms with van der Waals surface area (Å²) in [6.45, 7) is 0.911. The molecule has 0 saturated heterocycles. The number of aromatic nitrogens is 2. The zero-order valence-electron chi connectivity index (χ0n) is 15.1. The highest BCUT2D eigenvalue weighted by Crippen LogP contribution is 2.35. The van der Waals surface area contributed by atoms with E-state index in [9.17, 15) is 4.79 Å². The lowest BCUT2D eigenvalue weighted by Gasteiger charge is -2.35. The van der Waals surface area contributed by atoms with Gasteiger partial charge in [-0.25, -0.2) is 0 Å². The van der Waals surface area contributed by atoms with Crippen molar-refractivity contribution in [2.75, 3.05) is 20.6 Å². The number of carbonyl (C=O) groups is 1. The highest BCUT2D eigenvalue weighted by molar-refractivity contribution is 6.31. The van der Waals surface area contributed by atoms with Crippen LogP contribution in [0.1, 0.15) is 35.7 Å². The van der Waals surface area contributed by atoms with Gasteiger partial charge in [-0.05, 0) is 30.4 Å². The van der Waals surface area contributed by atoms with Crippen molar-refractivity contribution in [3.63, 3.8) is 0 Å². The Morgan fingerprint density at radius 2 is 2.16 bits per heavy atom. The molecule has 6 heteroatoms. The van der Waals surface area contributed by atoms with Gasteiger partial charge in [0.1, 0.15) is 5.69 Å². The predicted molar refractivity (Wildman–Crippen MR) is 98.6 cm³/mol. The van der Waals surface area contributed by atoms with Crippen molar-refractivity contribution in [3.8, 4) is 0 Å². The Morgan fingerprint density at radius 1 is 1.40 bits per heavy atom. The smallest absolute Gasteiger partial charge is 0.278 e. The number of quaternary nitrogens is 1. The van der Waals surface area contributed by atoms with Crippen molar-refractivity contribution in [2.24, 2.45) is 7.05 Å². The minimum Gasteiger partial charge on any atom is -0.332 e. The molecule has 1 aliphatic carbocycles. The largest absolute Gasteiger partial charge is 0.332 e. The number of rotatable bonds is 5. The summed E-state index contributed by atoms with van der Waals surface area (Å²) in [6, 6.07) is 8.56. The van der Waals surface area contributed by atoms with E-state index in [1.165, 1.54) is 11.1 Å². The summed E-state index contributed by atoms with van der Waals surface area (Å²) < 4.78 is 1.70. The highest BCUT2D eigenvalue weighted by Gasteiger charge is 2.31. The number of carbonyl (C=O) groups excluding carboxylic acids is 1. The first kappa shape index (κ1) is 18.0. The van der Waals surface area contributed by atoms with Crippen LogP contribution in [0.15, 0.2) is 30.5 Å². The Kier molecular flexibility index (Phi) is 5.45. The van der Waals surface area contributed by atoms with Crippen molar-refractivity contribution in [3.05, 3.63) is 52.3 Å². The van der Waals surface area contributed by atoms with Gasteiger partial charge in [0.2, 0.25) is 0 Å². The summed E-state index contributed by atoms with van der Waals surface area (Å²) in [6.07, 6.45) is 4.94. The summed E-state index contributed by atoms with van der Waals surface area (Å²) in [5.74, 6) is 0.142. The maximum atomic E-state index is 13.0. The van der Waals surface area contributed by atoms with Crippen molar-refractivity contribution >= 4 is 17.5 Å². The van der Waals surface area contributed by atoms with Crippen LogP contribution in [0.25, 0.3) is 0 Å². The monoisotopic (exact) mass is 361 g/mol. The predicted octanol–water partition coefficient (Wildman–Crippen LogP) is 1.62. The van der Waals surface area contributed by atoms with E-state index in [0.29, 0.717) is 18.1 Å². The molecule has 0 saturated carbocycles. The van der Waals surface area contributed by atoms with E-state index in [1.54, 1.807) is 10.9 Å². The van der Waals surface area contributed by atoms with E-state index in [-0.39, 0.29) is 11.9 Å². The molecule has 134 valence electrons. The van der Waals surface area contributed by atoms with Gasteiger partial charge >= 0.3 is 0 Å². The maximum absolute atomic E-state index is 13.0. The molecular weight excluding hydrogens is 336 g/mol. The first-order valence-corrected chi connectivity index (χ1v) is 9.18. The zero-order chi connectivity index (χ0) is 18.0. The van der Waals surface area contributed by atoms with Gasteiger partial charge in [-0.3, -0.25) is 9.48 Å². The topological polar surface area (TPSA) is 42.6 Å². The second-order valence-electron chi connectivity index (χ2n) is 7.11. The van der Waals surface area contributed by atoms with Crippen LogP contribution in [-0.4, -0.2) is 41.2 Å². The third-order valence-electron chi connectivity index (χ3n) is 4.71. The molecule has 0 aliphatic heterocycles. The number of nitrogens with one attached hydrogen (secondary N) is 1. The Bertz CT molecular complexity index is 756. The van der Waals surface area contributed by atoms with Gasteiger partial charge < -0.3 is 9.80 Å². The first-order valence-electron chi connectivity index (χ1n) is 8.80. The Balaban J connectivity index is 1.94. The van der Waals surface area contributed by atoms with E-state index < -0.39 is 0 Å². The number of benzene rings is 1. The summed E-state index contributed by atoms with van der Waals surface area (Å²) in [4.78, 5) is 16.1. The number of amides is 1. The van der Waals surface area contributed by atoms with Gasteiger partial charge in [0.15, 0.2) is 6.54 Å². The fourth-order valence-corrected chi connectivity index (χ4v) is 3.84. The van der Waals surface area contributed by atoms with Crippen LogP contribution >= 0.6 is 11.6 Å². The van der Waals surface area contributed by atoms with Crippen molar-refractivity contribution in [2.45, 2.75) is 31.8 Å². The van der Waals surface area contributed by atoms with Crippen LogP contribution in [0.4, 0.5) is 0 Å². The van der Waals surface area contributed by atoms with Crippen LogP contribution in [0.3, 0.4) is 0 Å². The zero-order valence-corrected chi connectivity index (χ0v) is 15.9. The normalized spacial score (nSPS) is 16.8. The fraction of sp³-hybridized carbons (Fsp3) is 0.474. The number of hydrogen-bond acceptors (Lipinski definition) is 2. The van der Waals surface area contributed by atoms with Crippen molar-refractivity contribution in [1.29, 1.82) is 0 Å². The van der Waals surface area contributed by atoms with E-state index in [1.807, 2.05) is 26.0 Å². The van der Waals surface area contributed by atoms with Gasteiger partial charge in [-0.2, -0.15) is 5.10 Å². The van der Waals surface area contributed by atoms with Crippen LogP contribution < -0.4 is 4.90 Å². The Morgan fingerprint density at radius 3 is 2.84 bits per heavy atom. The molecule has 2 aromatic rings. The van der Waals surface area contributed by atoms with Crippen LogP contribution in [0, 0.1) is 0 Å². The lowest BCUT2D eigenvalue weighted by Crippen LogP contribution is -3.07. The molecule has 1 aromatic heterocycles. The number of nitrogens with zero attached hydrogens (tertiary/aromatic N) is 3. The molecule has 1 aliphatic rings. The average Bonchev–Trinajstić information content (AvgIpc) is 2.89. The second-order valence-corrected chi connectivity index (χ2v) is 7.52. The standard InChI is InChI=1S/C19H25ClN4O/c1-22(2)13-19(25)24(12-17-16(20)11-23(3)21-17)18-10-6-8-14-7-4-5-9-15(14)18/h4-5,7,9,11,18H,6,8,10,12-13H2,1-3H3/p+1/t18-/m0/s1. The Hall–Kier alpha value is -1.85. The van der Waals surface area contributed by atoms with Gasteiger partial charge in [0.25, 0.3) is 5.91 Å². The number of fused-ring (bicyclic) bond motifs is 1. The van der Waals surface area contributed by atoms with Gasteiger partial charge in [0, 0.05) is 13.2 Å². The van der Waals surface area contributed by atoms with E-state index in [4.69, 9.17) is 11.6 Å². The molecule has 5 nitrogen and oxygen atoms in total. The van der Waals surface area contributed by atoms with E-state index in [2.05, 4.69) is 29.4 Å². The van der Waals surface area contributed by atoms with Gasteiger partial charge in [-0.1, -0.05) is 35.9 Å². The number of halogens is 1. The molecule has 0 unspecified atom stereocenters. The summed E-state index contributed by atoms with van der Waals surface area (Å²) >= 11 is 6.31. The molecule has 0 radical (unpaired) electrons. The minimum absolute atomic E-state index is 0.0925. The molecule has 25 heavy (non-hydrogen) atoms. The van der Waals surface area contributed by atoms with Gasteiger partial charge in [-0.15, -0.1) is 0 Å². The van der Waals surface area contributed by atoms with Crippen LogP contribution in [0.2, 0.25) is 5.02 Å². The van der Waals surface area contributed by atoms with E-state index >= 15 is 0 Å². The molecule has 1 N–H and O–H groups in total. The molecule has 1 amide bonds. The number of hydrogen-bond donors (Lipinski definition) is 1. The highest BCUT2D eigenvalue weighted by atomic mass is 35.5. The lowest BCUT2D eigenvalue weighted by atomic mass is 9.86.